The fourth-order valence-corrected chi connectivity index (χ4v) is 3.84. The Hall–Kier alpha value is -2.74. The molecule has 0 spiro atoms. The van der Waals surface area contributed by atoms with Crippen molar-refractivity contribution in [3.63, 3.8) is 0 Å². The maximum absolute atomic E-state index is 11.2. The summed E-state index contributed by atoms with van der Waals surface area (Å²) in [4.78, 5) is 17.1. The number of thiazole rings is 1. The molecule has 8 heteroatoms. The van der Waals surface area contributed by atoms with E-state index in [1.54, 1.807) is 40.4 Å². The maximum atomic E-state index is 11.2. The zero-order valence-electron chi connectivity index (χ0n) is 13.8. The molecular formula is C17H16N4O3S. The van der Waals surface area contributed by atoms with Gasteiger partial charge in [-0.25, -0.2) is 9.78 Å². The molecular weight excluding hydrogens is 340 g/mol. The zero-order valence-corrected chi connectivity index (χ0v) is 14.6. The van der Waals surface area contributed by atoms with Crippen LogP contribution >= 0.6 is 11.3 Å². The van der Waals surface area contributed by atoms with Gasteiger partial charge in [0.05, 0.1) is 29.8 Å². The van der Waals surface area contributed by atoms with Gasteiger partial charge in [0.15, 0.2) is 0 Å². The Morgan fingerprint density at radius 1 is 1.40 bits per heavy atom. The van der Waals surface area contributed by atoms with Gasteiger partial charge in [-0.1, -0.05) is 30.4 Å². The lowest BCUT2D eigenvalue weighted by molar-refractivity contribution is 0.0696. The van der Waals surface area contributed by atoms with E-state index in [0.29, 0.717) is 12.4 Å². The first-order chi connectivity index (χ1) is 12.0. The number of aromatic nitrogens is 4. The number of ether oxygens (including phenoxy) is 1. The molecule has 4 rings (SSSR count). The molecule has 1 aromatic carbocycles. The van der Waals surface area contributed by atoms with Crippen molar-refractivity contribution in [3.05, 3.63) is 40.5 Å². The zero-order chi connectivity index (χ0) is 17.6. The standard InChI is InChI=1S/C17H16N4O3S/c1-9(2)12-8-18-20-21(12)17-19-15-11-4-3-10(16(22)23)7-13(11)24-6-5-14(15)25-17/h3-4,7-9H,5-6H2,1-2H3,(H,22,23). The van der Waals surface area contributed by atoms with Gasteiger partial charge in [-0.2, -0.15) is 4.68 Å². The van der Waals surface area contributed by atoms with Crippen LogP contribution in [0.1, 0.15) is 40.7 Å². The number of hydrogen-bond acceptors (Lipinski definition) is 6. The van der Waals surface area contributed by atoms with Crippen molar-refractivity contribution in [2.45, 2.75) is 26.2 Å². The molecule has 1 aliphatic rings. The number of aromatic carboxylic acids is 1. The Bertz CT molecular complexity index is 961. The van der Waals surface area contributed by atoms with Gasteiger partial charge < -0.3 is 9.84 Å². The van der Waals surface area contributed by atoms with Crippen LogP contribution in [-0.4, -0.2) is 37.7 Å². The van der Waals surface area contributed by atoms with Crippen LogP contribution < -0.4 is 4.74 Å². The molecule has 2 aromatic heterocycles. The summed E-state index contributed by atoms with van der Waals surface area (Å²) in [6, 6.07) is 4.89. The second kappa shape index (κ2) is 5.96. The number of benzene rings is 1. The Kier molecular flexibility index (Phi) is 3.76. The minimum Gasteiger partial charge on any atom is -0.492 e. The van der Waals surface area contributed by atoms with Crippen molar-refractivity contribution in [2.75, 3.05) is 6.61 Å². The highest BCUT2D eigenvalue weighted by Gasteiger charge is 2.23. The molecule has 0 atom stereocenters. The highest BCUT2D eigenvalue weighted by Crippen LogP contribution is 2.39. The Morgan fingerprint density at radius 3 is 3.00 bits per heavy atom. The Labute approximate surface area is 147 Å². The Balaban J connectivity index is 1.83. The summed E-state index contributed by atoms with van der Waals surface area (Å²) in [5.74, 6) is -0.135. The van der Waals surface area contributed by atoms with Gasteiger partial charge in [-0.05, 0) is 24.1 Å². The first-order valence-electron chi connectivity index (χ1n) is 7.96. The molecule has 0 radical (unpaired) electrons. The molecule has 1 aliphatic heterocycles. The summed E-state index contributed by atoms with van der Waals surface area (Å²) in [6.45, 7) is 4.66. The molecule has 128 valence electrons. The van der Waals surface area contributed by atoms with E-state index in [9.17, 15) is 9.90 Å². The number of hydrogen-bond donors (Lipinski definition) is 1. The van der Waals surface area contributed by atoms with E-state index in [1.165, 1.54) is 0 Å². The molecule has 0 fully saturated rings. The fraction of sp³-hybridized carbons (Fsp3) is 0.294. The summed E-state index contributed by atoms with van der Waals surface area (Å²) in [5.41, 5.74) is 2.85. The third-order valence-corrected chi connectivity index (χ3v) is 5.20. The number of nitrogens with zero attached hydrogens (tertiary/aromatic N) is 4. The summed E-state index contributed by atoms with van der Waals surface area (Å²) in [5, 5.41) is 18.1. The van der Waals surface area contributed by atoms with Gasteiger partial charge in [0.25, 0.3) is 0 Å². The third kappa shape index (κ3) is 2.68. The first-order valence-corrected chi connectivity index (χ1v) is 8.77. The summed E-state index contributed by atoms with van der Waals surface area (Å²) in [6.07, 6.45) is 2.48. The molecule has 0 amide bonds. The van der Waals surface area contributed by atoms with Gasteiger partial charge in [0.2, 0.25) is 5.13 Å². The lowest BCUT2D eigenvalue weighted by atomic mass is 10.1. The summed E-state index contributed by atoms with van der Waals surface area (Å²) >= 11 is 1.57. The van der Waals surface area contributed by atoms with Crippen molar-refractivity contribution in [1.82, 2.24) is 20.0 Å². The van der Waals surface area contributed by atoms with Gasteiger partial charge in [-0.3, -0.25) is 0 Å². The van der Waals surface area contributed by atoms with Crippen LogP contribution in [0.3, 0.4) is 0 Å². The van der Waals surface area contributed by atoms with Crippen LogP contribution in [-0.2, 0) is 6.42 Å². The van der Waals surface area contributed by atoms with Crippen molar-refractivity contribution in [1.29, 1.82) is 0 Å². The molecule has 25 heavy (non-hydrogen) atoms. The summed E-state index contributed by atoms with van der Waals surface area (Å²) < 4.78 is 7.52. The highest BCUT2D eigenvalue weighted by atomic mass is 32.1. The number of rotatable bonds is 3. The number of fused-ring (bicyclic) bond motifs is 3. The van der Waals surface area contributed by atoms with Crippen LogP contribution in [0, 0.1) is 0 Å². The Morgan fingerprint density at radius 2 is 2.24 bits per heavy atom. The van der Waals surface area contributed by atoms with Crippen molar-refractivity contribution >= 4 is 17.3 Å². The van der Waals surface area contributed by atoms with E-state index in [0.717, 1.165) is 33.4 Å². The minimum absolute atomic E-state index is 0.205. The average molecular weight is 356 g/mol. The SMILES string of the molecule is CC(C)c1cnnn1-c1nc2c(s1)CCOc1cc(C(=O)O)ccc1-2. The third-order valence-electron chi connectivity index (χ3n) is 4.10. The monoisotopic (exact) mass is 356 g/mol. The van der Waals surface area contributed by atoms with Crippen molar-refractivity contribution in [3.8, 4) is 22.1 Å². The van der Waals surface area contributed by atoms with E-state index in [4.69, 9.17) is 9.72 Å². The molecule has 3 aromatic rings. The molecule has 7 nitrogen and oxygen atoms in total. The highest BCUT2D eigenvalue weighted by molar-refractivity contribution is 7.14. The topological polar surface area (TPSA) is 90.1 Å². The van der Waals surface area contributed by atoms with Crippen molar-refractivity contribution < 1.29 is 14.6 Å². The minimum atomic E-state index is -0.973. The molecule has 0 saturated carbocycles. The maximum Gasteiger partial charge on any atom is 0.335 e. The second-order valence-electron chi connectivity index (χ2n) is 6.11. The van der Waals surface area contributed by atoms with Gasteiger partial charge in [0, 0.05) is 16.9 Å². The van der Waals surface area contributed by atoms with Crippen LogP contribution in [0.25, 0.3) is 16.4 Å². The molecule has 0 saturated heterocycles. The van der Waals surface area contributed by atoms with Gasteiger partial charge in [0.1, 0.15) is 5.75 Å². The van der Waals surface area contributed by atoms with Crippen LogP contribution in [0.4, 0.5) is 0 Å². The van der Waals surface area contributed by atoms with Crippen LogP contribution in [0.15, 0.2) is 24.4 Å². The average Bonchev–Trinajstić information content (AvgIpc) is 3.18. The fourth-order valence-electron chi connectivity index (χ4n) is 2.82. The smallest absolute Gasteiger partial charge is 0.335 e. The first kappa shape index (κ1) is 15.8. The van der Waals surface area contributed by atoms with Crippen LogP contribution in [0.2, 0.25) is 0 Å². The predicted octanol–water partition coefficient (Wildman–Crippen LogP) is 3.15. The number of carboxylic acids is 1. The van der Waals surface area contributed by atoms with Crippen molar-refractivity contribution in [2.24, 2.45) is 0 Å². The molecule has 0 unspecified atom stereocenters. The molecule has 3 heterocycles. The molecule has 1 N–H and O–H groups in total. The second-order valence-corrected chi connectivity index (χ2v) is 7.17. The predicted molar refractivity (Wildman–Crippen MR) is 92.7 cm³/mol. The van der Waals surface area contributed by atoms with E-state index in [-0.39, 0.29) is 11.5 Å². The molecule has 0 aliphatic carbocycles. The largest absolute Gasteiger partial charge is 0.492 e. The lowest BCUT2D eigenvalue weighted by Gasteiger charge is -2.08. The quantitative estimate of drug-likeness (QED) is 0.775. The van der Waals surface area contributed by atoms with E-state index >= 15 is 0 Å². The number of carboxylic acid groups (broad SMARTS) is 1. The lowest BCUT2D eigenvalue weighted by Crippen LogP contribution is -2.04. The summed E-state index contributed by atoms with van der Waals surface area (Å²) in [7, 11) is 0. The van der Waals surface area contributed by atoms with E-state index < -0.39 is 5.97 Å². The van der Waals surface area contributed by atoms with Crippen LogP contribution in [0.5, 0.6) is 5.75 Å². The number of carbonyl (C=O) groups is 1. The van der Waals surface area contributed by atoms with E-state index in [2.05, 4.69) is 24.2 Å². The normalized spacial score (nSPS) is 13.1. The molecule has 0 bridgehead atoms. The van der Waals surface area contributed by atoms with Gasteiger partial charge >= 0.3 is 5.97 Å². The van der Waals surface area contributed by atoms with Gasteiger partial charge in [-0.15, -0.1) is 5.10 Å². The van der Waals surface area contributed by atoms with E-state index in [1.807, 2.05) is 0 Å².